The minimum absolute atomic E-state index is 0.162. The van der Waals surface area contributed by atoms with Crippen molar-refractivity contribution < 1.29 is 9.59 Å². The van der Waals surface area contributed by atoms with E-state index in [1.807, 2.05) is 24.3 Å². The molecule has 1 aliphatic rings. The van der Waals surface area contributed by atoms with Crippen LogP contribution in [-0.2, 0) is 4.79 Å². The molecule has 0 radical (unpaired) electrons. The second-order valence-electron chi connectivity index (χ2n) is 5.96. The molecule has 3 rings (SSSR count). The maximum absolute atomic E-state index is 12.4. The van der Waals surface area contributed by atoms with Gasteiger partial charge in [-0.3, -0.25) is 9.59 Å². The third kappa shape index (κ3) is 3.93. The molecule has 2 aromatic carbocycles. The van der Waals surface area contributed by atoms with Crippen molar-refractivity contribution in [3.63, 3.8) is 0 Å². The minimum Gasteiger partial charge on any atom is -0.372 e. The van der Waals surface area contributed by atoms with Gasteiger partial charge < -0.3 is 15.5 Å². The second kappa shape index (κ2) is 7.17. The van der Waals surface area contributed by atoms with E-state index >= 15 is 0 Å². The second-order valence-corrected chi connectivity index (χ2v) is 5.96. The van der Waals surface area contributed by atoms with Gasteiger partial charge in [0, 0.05) is 42.6 Å². The summed E-state index contributed by atoms with van der Waals surface area (Å²) in [6.45, 7) is 3.64. The number of nitrogens with zero attached hydrogens (tertiary/aromatic N) is 1. The molecule has 0 bridgehead atoms. The Morgan fingerprint density at radius 3 is 2.29 bits per heavy atom. The lowest BCUT2D eigenvalue weighted by Gasteiger charge is -2.17. The van der Waals surface area contributed by atoms with Gasteiger partial charge >= 0.3 is 0 Å². The Hall–Kier alpha value is -2.82. The van der Waals surface area contributed by atoms with E-state index in [1.54, 1.807) is 24.3 Å². The van der Waals surface area contributed by atoms with Gasteiger partial charge in [0.2, 0.25) is 5.91 Å². The highest BCUT2D eigenvalue weighted by Crippen LogP contribution is 2.22. The zero-order chi connectivity index (χ0) is 16.9. The first-order valence-electron chi connectivity index (χ1n) is 8.16. The van der Waals surface area contributed by atoms with Crippen LogP contribution in [0, 0.1) is 0 Å². The number of carbonyl (C=O) groups excluding carboxylic acids is 2. The monoisotopic (exact) mass is 323 g/mol. The first-order chi connectivity index (χ1) is 11.6. The van der Waals surface area contributed by atoms with Gasteiger partial charge in [0.25, 0.3) is 5.91 Å². The van der Waals surface area contributed by atoms with E-state index in [1.165, 1.54) is 25.5 Å². The predicted molar refractivity (Wildman–Crippen MR) is 96.6 cm³/mol. The smallest absolute Gasteiger partial charge is 0.255 e. The van der Waals surface area contributed by atoms with Crippen LogP contribution in [-0.4, -0.2) is 24.9 Å². The normalized spacial score (nSPS) is 13.6. The number of nitrogens with one attached hydrogen (secondary N) is 2. The number of rotatable bonds is 4. The Morgan fingerprint density at radius 1 is 0.917 bits per heavy atom. The van der Waals surface area contributed by atoms with Gasteiger partial charge in [-0.05, 0) is 55.3 Å². The highest BCUT2D eigenvalue weighted by atomic mass is 16.2. The molecule has 2 N–H and O–H groups in total. The Bertz CT molecular complexity index is 735. The summed E-state index contributed by atoms with van der Waals surface area (Å²) >= 11 is 0. The van der Waals surface area contributed by atoms with Crippen LogP contribution < -0.4 is 15.5 Å². The number of hydrogen-bond acceptors (Lipinski definition) is 3. The van der Waals surface area contributed by atoms with Gasteiger partial charge in [-0.15, -0.1) is 0 Å². The number of hydrogen-bond donors (Lipinski definition) is 2. The lowest BCUT2D eigenvalue weighted by Crippen LogP contribution is -2.17. The summed E-state index contributed by atoms with van der Waals surface area (Å²) < 4.78 is 0. The van der Waals surface area contributed by atoms with Crippen molar-refractivity contribution in [2.45, 2.75) is 19.8 Å². The van der Waals surface area contributed by atoms with Crippen molar-refractivity contribution in [1.82, 2.24) is 0 Å². The van der Waals surface area contributed by atoms with E-state index in [0.29, 0.717) is 11.3 Å². The molecule has 0 spiro atoms. The first kappa shape index (κ1) is 16.1. The van der Waals surface area contributed by atoms with Crippen LogP contribution >= 0.6 is 0 Å². The maximum atomic E-state index is 12.4. The summed E-state index contributed by atoms with van der Waals surface area (Å²) in [6.07, 6.45) is 2.48. The standard InChI is InChI=1S/C19H21N3O2/c1-14(23)20-17-6-4-5-15(13-17)19(24)21-16-7-9-18(10-8-16)22-11-2-3-12-22/h4-10,13H,2-3,11-12H2,1H3,(H,20,23)(H,21,24). The van der Waals surface area contributed by atoms with Crippen molar-refractivity contribution >= 4 is 28.9 Å². The molecule has 0 unspecified atom stereocenters. The van der Waals surface area contributed by atoms with Gasteiger partial charge in [0.1, 0.15) is 0 Å². The topological polar surface area (TPSA) is 61.4 Å². The largest absolute Gasteiger partial charge is 0.372 e. The van der Waals surface area contributed by atoms with Crippen molar-refractivity contribution in [2.75, 3.05) is 28.6 Å². The number of amides is 2. The first-order valence-corrected chi connectivity index (χ1v) is 8.16. The van der Waals surface area contributed by atoms with E-state index in [2.05, 4.69) is 15.5 Å². The summed E-state index contributed by atoms with van der Waals surface area (Å²) in [5, 5.41) is 5.56. The van der Waals surface area contributed by atoms with Crippen LogP contribution in [0.2, 0.25) is 0 Å². The molecule has 0 aliphatic carbocycles. The van der Waals surface area contributed by atoms with Crippen LogP contribution in [0.1, 0.15) is 30.1 Å². The minimum atomic E-state index is -0.198. The number of anilines is 3. The molecule has 5 heteroatoms. The van der Waals surface area contributed by atoms with E-state index in [0.717, 1.165) is 18.8 Å². The molecule has 1 heterocycles. The van der Waals surface area contributed by atoms with Crippen molar-refractivity contribution in [3.8, 4) is 0 Å². The number of benzene rings is 2. The third-order valence-corrected chi connectivity index (χ3v) is 4.04. The maximum Gasteiger partial charge on any atom is 0.255 e. The molecular weight excluding hydrogens is 302 g/mol. The van der Waals surface area contributed by atoms with Crippen molar-refractivity contribution in [1.29, 1.82) is 0 Å². The lowest BCUT2D eigenvalue weighted by molar-refractivity contribution is -0.114. The summed E-state index contributed by atoms with van der Waals surface area (Å²) in [7, 11) is 0. The van der Waals surface area contributed by atoms with Gasteiger partial charge in [0.15, 0.2) is 0 Å². The van der Waals surface area contributed by atoms with Crippen molar-refractivity contribution in [2.24, 2.45) is 0 Å². The van der Waals surface area contributed by atoms with Gasteiger partial charge in [-0.1, -0.05) is 6.07 Å². The van der Waals surface area contributed by atoms with Gasteiger partial charge in [0.05, 0.1) is 0 Å². The average Bonchev–Trinajstić information content (AvgIpc) is 3.09. The van der Waals surface area contributed by atoms with Crippen molar-refractivity contribution in [3.05, 3.63) is 54.1 Å². The molecule has 24 heavy (non-hydrogen) atoms. The molecule has 1 saturated heterocycles. The molecule has 0 aromatic heterocycles. The Kier molecular flexibility index (Phi) is 4.79. The molecule has 2 amide bonds. The lowest BCUT2D eigenvalue weighted by atomic mass is 10.1. The highest BCUT2D eigenvalue weighted by Gasteiger charge is 2.12. The van der Waals surface area contributed by atoms with Gasteiger partial charge in [-0.2, -0.15) is 0 Å². The Morgan fingerprint density at radius 2 is 1.62 bits per heavy atom. The van der Waals surface area contributed by atoms with E-state index in [-0.39, 0.29) is 11.8 Å². The van der Waals surface area contributed by atoms with Gasteiger partial charge in [-0.25, -0.2) is 0 Å². The zero-order valence-corrected chi connectivity index (χ0v) is 13.7. The van der Waals surface area contributed by atoms with E-state index < -0.39 is 0 Å². The molecule has 2 aromatic rings. The Balaban J connectivity index is 1.67. The summed E-state index contributed by atoms with van der Waals surface area (Å²) in [4.78, 5) is 25.8. The highest BCUT2D eigenvalue weighted by molar-refractivity contribution is 6.05. The van der Waals surface area contributed by atoms with E-state index in [9.17, 15) is 9.59 Å². The third-order valence-electron chi connectivity index (χ3n) is 4.04. The van der Waals surface area contributed by atoms with Crippen LogP contribution in [0.4, 0.5) is 17.1 Å². The fourth-order valence-corrected chi connectivity index (χ4v) is 2.88. The van der Waals surface area contributed by atoms with Crippen LogP contribution in [0.3, 0.4) is 0 Å². The molecular formula is C19H21N3O2. The molecule has 1 aliphatic heterocycles. The van der Waals surface area contributed by atoms with E-state index in [4.69, 9.17) is 0 Å². The Labute approximate surface area is 141 Å². The fourth-order valence-electron chi connectivity index (χ4n) is 2.88. The fraction of sp³-hybridized carbons (Fsp3) is 0.263. The molecule has 1 fully saturated rings. The zero-order valence-electron chi connectivity index (χ0n) is 13.7. The molecule has 124 valence electrons. The van der Waals surface area contributed by atoms with Crippen LogP contribution in [0.5, 0.6) is 0 Å². The molecule has 0 saturated carbocycles. The number of carbonyl (C=O) groups is 2. The predicted octanol–water partition coefficient (Wildman–Crippen LogP) is 3.50. The average molecular weight is 323 g/mol. The summed E-state index contributed by atoms with van der Waals surface area (Å²) in [5.74, 6) is -0.360. The molecule has 5 nitrogen and oxygen atoms in total. The SMILES string of the molecule is CC(=O)Nc1cccc(C(=O)Nc2ccc(N3CCCC3)cc2)c1. The quantitative estimate of drug-likeness (QED) is 0.905. The van der Waals surface area contributed by atoms with Crippen LogP contribution in [0.25, 0.3) is 0 Å². The van der Waals surface area contributed by atoms with Crippen LogP contribution in [0.15, 0.2) is 48.5 Å². The summed E-state index contributed by atoms with van der Waals surface area (Å²) in [5.41, 5.74) is 3.07. The summed E-state index contributed by atoms with van der Waals surface area (Å²) in [6, 6.07) is 14.8. The molecule has 0 atom stereocenters.